The fraction of sp³-hybridized carbons (Fsp3) is 0.154. The average Bonchev–Trinajstić information content (AvgIpc) is 3.13. The minimum atomic E-state index is -1.03. The summed E-state index contributed by atoms with van der Waals surface area (Å²) in [5.74, 6) is -1.12. The summed E-state index contributed by atoms with van der Waals surface area (Å²) >= 11 is 0. The number of carbonyl (C=O) groups excluding carboxylic acids is 2. The molecule has 4 rings (SSSR count). The minimum Gasteiger partial charge on any atom is -0.507 e. The number of nitrogens with zero attached hydrogens (tertiary/aromatic N) is 1. The molecule has 0 bridgehead atoms. The molecule has 1 aliphatic heterocycles. The molecule has 174 valence electrons. The molecule has 3 aromatic rings. The summed E-state index contributed by atoms with van der Waals surface area (Å²) in [6, 6.07) is 16.7. The van der Waals surface area contributed by atoms with Gasteiger partial charge in [0.1, 0.15) is 28.8 Å². The highest BCUT2D eigenvalue weighted by Gasteiger charge is 2.48. The molecular weight excluding hydrogens is 438 g/mol. The Morgan fingerprint density at radius 3 is 2.24 bits per heavy atom. The van der Waals surface area contributed by atoms with Crippen molar-refractivity contribution >= 4 is 23.1 Å². The van der Waals surface area contributed by atoms with Crippen LogP contribution in [0, 0.1) is 0 Å². The van der Waals surface area contributed by atoms with Crippen molar-refractivity contribution in [3.63, 3.8) is 0 Å². The predicted octanol–water partition coefficient (Wildman–Crippen LogP) is 4.04. The molecule has 1 fully saturated rings. The van der Waals surface area contributed by atoms with Crippen LogP contribution in [0.3, 0.4) is 0 Å². The van der Waals surface area contributed by atoms with Gasteiger partial charge in [0.25, 0.3) is 11.7 Å². The number of para-hydroxylation sites is 2. The molecule has 0 saturated carbocycles. The second-order valence-corrected chi connectivity index (χ2v) is 7.50. The number of hydrogen-bond acceptors (Lipinski definition) is 7. The molecule has 0 spiro atoms. The van der Waals surface area contributed by atoms with Gasteiger partial charge in [-0.05, 0) is 42.0 Å². The summed E-state index contributed by atoms with van der Waals surface area (Å²) in [6.07, 6.45) is 0. The number of aliphatic hydroxyl groups is 1. The number of phenols is 1. The van der Waals surface area contributed by atoms with Crippen molar-refractivity contribution in [3.05, 3.63) is 83.4 Å². The maximum Gasteiger partial charge on any atom is 0.300 e. The van der Waals surface area contributed by atoms with Crippen LogP contribution in [0.25, 0.3) is 5.76 Å². The number of ketones is 1. The van der Waals surface area contributed by atoms with Gasteiger partial charge in [-0.15, -0.1) is 0 Å². The Morgan fingerprint density at radius 1 is 0.853 bits per heavy atom. The van der Waals surface area contributed by atoms with Gasteiger partial charge < -0.3 is 24.4 Å². The number of amides is 1. The monoisotopic (exact) mass is 461 g/mol. The van der Waals surface area contributed by atoms with Crippen LogP contribution in [0.2, 0.25) is 0 Å². The lowest BCUT2D eigenvalue weighted by atomic mass is 9.94. The highest BCUT2D eigenvalue weighted by molar-refractivity contribution is 6.52. The van der Waals surface area contributed by atoms with Crippen LogP contribution in [0.15, 0.2) is 72.3 Å². The van der Waals surface area contributed by atoms with Gasteiger partial charge in [-0.2, -0.15) is 0 Å². The number of carbonyl (C=O) groups is 2. The molecular formula is C26H23NO7. The topological polar surface area (TPSA) is 106 Å². The van der Waals surface area contributed by atoms with E-state index in [1.54, 1.807) is 54.6 Å². The number of benzene rings is 3. The first-order valence-corrected chi connectivity index (χ1v) is 10.4. The predicted molar refractivity (Wildman–Crippen MR) is 125 cm³/mol. The molecule has 3 aromatic carbocycles. The second kappa shape index (κ2) is 9.19. The summed E-state index contributed by atoms with van der Waals surface area (Å²) in [5, 5.41) is 21.8. The van der Waals surface area contributed by atoms with Crippen LogP contribution < -0.4 is 19.1 Å². The summed E-state index contributed by atoms with van der Waals surface area (Å²) < 4.78 is 15.9. The first-order chi connectivity index (χ1) is 16.4. The Morgan fingerprint density at radius 2 is 1.56 bits per heavy atom. The molecule has 8 nitrogen and oxygen atoms in total. The molecule has 1 atom stereocenters. The Bertz CT molecular complexity index is 1300. The highest BCUT2D eigenvalue weighted by Crippen LogP contribution is 2.46. The van der Waals surface area contributed by atoms with Gasteiger partial charge in [-0.3, -0.25) is 14.5 Å². The van der Waals surface area contributed by atoms with Crippen LogP contribution in [0.1, 0.15) is 17.2 Å². The molecule has 0 aliphatic carbocycles. The van der Waals surface area contributed by atoms with Gasteiger partial charge in [0, 0.05) is 6.07 Å². The van der Waals surface area contributed by atoms with Gasteiger partial charge in [0.15, 0.2) is 0 Å². The van der Waals surface area contributed by atoms with Gasteiger partial charge in [-0.25, -0.2) is 0 Å². The van der Waals surface area contributed by atoms with Crippen molar-refractivity contribution in [1.29, 1.82) is 0 Å². The maximum atomic E-state index is 13.3. The minimum absolute atomic E-state index is 0.137. The number of phenolic OH excluding ortho intramolecular Hbond substituents is 1. The average molecular weight is 461 g/mol. The molecule has 1 aliphatic rings. The number of rotatable bonds is 6. The van der Waals surface area contributed by atoms with E-state index >= 15 is 0 Å². The SMILES string of the molecule is COc1cccc(C2/C(=C(/O)c3ccc(OC)cc3OC)C(=O)C(=O)N2c2ccccc2O)c1. The van der Waals surface area contributed by atoms with Crippen LogP contribution in [0.4, 0.5) is 5.69 Å². The van der Waals surface area contributed by atoms with Crippen LogP contribution in [0.5, 0.6) is 23.0 Å². The summed E-state index contributed by atoms with van der Waals surface area (Å²) in [6.45, 7) is 0. The van der Waals surface area contributed by atoms with Crippen molar-refractivity contribution in [2.75, 3.05) is 26.2 Å². The van der Waals surface area contributed by atoms with Crippen LogP contribution >= 0.6 is 0 Å². The van der Waals surface area contributed by atoms with Crippen molar-refractivity contribution in [1.82, 2.24) is 0 Å². The zero-order valence-electron chi connectivity index (χ0n) is 18.8. The number of anilines is 1. The zero-order valence-corrected chi connectivity index (χ0v) is 18.8. The number of Topliss-reactive ketones (excluding diaryl/α,β-unsaturated/α-hetero) is 1. The summed E-state index contributed by atoms with van der Waals surface area (Å²) in [5.41, 5.74) is 0.713. The molecule has 1 amide bonds. The van der Waals surface area contributed by atoms with E-state index in [1.807, 2.05) is 0 Å². The number of ether oxygens (including phenoxy) is 3. The fourth-order valence-corrected chi connectivity index (χ4v) is 4.02. The number of aromatic hydroxyl groups is 1. The number of methoxy groups -OCH3 is 3. The third-order valence-electron chi connectivity index (χ3n) is 5.66. The first-order valence-electron chi connectivity index (χ1n) is 10.4. The zero-order chi connectivity index (χ0) is 24.4. The quantitative estimate of drug-likeness (QED) is 0.324. The largest absolute Gasteiger partial charge is 0.507 e. The van der Waals surface area contributed by atoms with E-state index in [9.17, 15) is 19.8 Å². The van der Waals surface area contributed by atoms with Gasteiger partial charge in [0.05, 0.1) is 44.2 Å². The molecule has 0 radical (unpaired) electrons. The standard InChI is InChI=1S/C26H23NO7/c1-32-16-8-6-7-15(13-16)23-22(24(29)18-12-11-17(33-2)14-21(18)34-3)25(30)26(31)27(23)19-9-4-5-10-20(19)28/h4-14,23,28-29H,1-3H3/b24-22-. The molecule has 2 N–H and O–H groups in total. The smallest absolute Gasteiger partial charge is 0.300 e. The van der Waals surface area contributed by atoms with Crippen molar-refractivity contribution < 1.29 is 34.0 Å². The normalized spacial score (nSPS) is 17.0. The number of aliphatic hydroxyl groups excluding tert-OH is 1. The van der Waals surface area contributed by atoms with Crippen molar-refractivity contribution in [3.8, 4) is 23.0 Å². The fourth-order valence-electron chi connectivity index (χ4n) is 4.02. The summed E-state index contributed by atoms with van der Waals surface area (Å²) in [4.78, 5) is 27.7. The number of hydrogen-bond donors (Lipinski definition) is 2. The van der Waals surface area contributed by atoms with E-state index < -0.39 is 23.5 Å². The maximum absolute atomic E-state index is 13.3. The Labute approximate surface area is 196 Å². The van der Waals surface area contributed by atoms with Gasteiger partial charge in [0.2, 0.25) is 0 Å². The van der Waals surface area contributed by atoms with Crippen molar-refractivity contribution in [2.45, 2.75) is 6.04 Å². The second-order valence-electron chi connectivity index (χ2n) is 7.50. The molecule has 34 heavy (non-hydrogen) atoms. The molecule has 0 aromatic heterocycles. The Kier molecular flexibility index (Phi) is 6.14. The molecule has 1 heterocycles. The van der Waals surface area contributed by atoms with Crippen LogP contribution in [-0.2, 0) is 9.59 Å². The van der Waals surface area contributed by atoms with E-state index in [4.69, 9.17) is 14.2 Å². The van der Waals surface area contributed by atoms with Gasteiger partial charge >= 0.3 is 0 Å². The van der Waals surface area contributed by atoms with Crippen molar-refractivity contribution in [2.24, 2.45) is 0 Å². The van der Waals surface area contributed by atoms with Gasteiger partial charge in [-0.1, -0.05) is 24.3 Å². The Hall–Kier alpha value is -4.46. The first kappa shape index (κ1) is 22.7. The lowest BCUT2D eigenvalue weighted by Crippen LogP contribution is -2.29. The third kappa shape index (κ3) is 3.79. The molecule has 1 unspecified atom stereocenters. The Balaban J connectivity index is 1.99. The molecule has 1 saturated heterocycles. The van der Waals surface area contributed by atoms with E-state index in [1.165, 1.54) is 38.4 Å². The van der Waals surface area contributed by atoms with Crippen LogP contribution in [-0.4, -0.2) is 43.2 Å². The summed E-state index contributed by atoms with van der Waals surface area (Å²) in [7, 11) is 4.42. The van der Waals surface area contributed by atoms with E-state index in [-0.39, 0.29) is 28.3 Å². The molecule has 8 heteroatoms. The van der Waals surface area contributed by atoms with E-state index in [0.717, 1.165) is 0 Å². The highest BCUT2D eigenvalue weighted by atomic mass is 16.5. The lowest BCUT2D eigenvalue weighted by Gasteiger charge is -2.26. The third-order valence-corrected chi connectivity index (χ3v) is 5.66. The van der Waals surface area contributed by atoms with E-state index in [2.05, 4.69) is 0 Å². The lowest BCUT2D eigenvalue weighted by molar-refractivity contribution is -0.132. The van der Waals surface area contributed by atoms with E-state index in [0.29, 0.717) is 17.1 Å².